The zero-order chi connectivity index (χ0) is 19.8. The van der Waals surface area contributed by atoms with E-state index in [1.165, 1.54) is 31.4 Å². The van der Waals surface area contributed by atoms with Gasteiger partial charge in [0.2, 0.25) is 0 Å². The number of ether oxygens (including phenoxy) is 2. The summed E-state index contributed by atoms with van der Waals surface area (Å²) in [6.07, 6.45) is 0.984. The maximum Gasteiger partial charge on any atom is 0.341 e. The number of para-hydroxylation sites is 1. The molecule has 0 spiro atoms. The van der Waals surface area contributed by atoms with Gasteiger partial charge in [-0.25, -0.2) is 13.2 Å². The molecule has 2 N–H and O–H groups in total. The molecule has 9 heteroatoms. The molecule has 1 heterocycles. The highest BCUT2D eigenvalue weighted by atomic mass is 32.2. The number of sulfone groups is 1. The highest BCUT2D eigenvalue weighted by Crippen LogP contribution is 2.34. The molecule has 27 heavy (non-hydrogen) atoms. The van der Waals surface area contributed by atoms with Gasteiger partial charge in [0.1, 0.15) is 27.5 Å². The Balaban J connectivity index is 2.25. The average molecular weight is 389 g/mol. The van der Waals surface area contributed by atoms with E-state index in [-0.39, 0.29) is 38.8 Å². The number of fused-ring (bicyclic) bond motifs is 1. The maximum absolute atomic E-state index is 12.2. The van der Waals surface area contributed by atoms with Crippen LogP contribution in [0.1, 0.15) is 10.4 Å². The molecule has 0 saturated carbocycles. The number of carbonyl (C=O) groups excluding carboxylic acids is 1. The molecule has 0 atom stereocenters. The van der Waals surface area contributed by atoms with E-state index in [1.54, 1.807) is 12.1 Å². The first-order valence-electron chi connectivity index (χ1n) is 7.63. The Morgan fingerprint density at radius 2 is 1.81 bits per heavy atom. The molecule has 140 valence electrons. The first kappa shape index (κ1) is 18.5. The van der Waals surface area contributed by atoms with Gasteiger partial charge in [0.25, 0.3) is 0 Å². The summed E-state index contributed by atoms with van der Waals surface area (Å²) in [5.74, 6) is -0.844. The fourth-order valence-corrected chi connectivity index (χ4v) is 3.29. The first-order valence-corrected chi connectivity index (χ1v) is 9.52. The van der Waals surface area contributed by atoms with E-state index < -0.39 is 21.2 Å². The lowest BCUT2D eigenvalue weighted by molar-refractivity contribution is 0.0598. The summed E-state index contributed by atoms with van der Waals surface area (Å²) >= 11 is 0. The minimum absolute atomic E-state index is 0.00836. The van der Waals surface area contributed by atoms with Crippen LogP contribution in [0, 0.1) is 0 Å². The maximum atomic E-state index is 12.2. The van der Waals surface area contributed by atoms with Gasteiger partial charge < -0.3 is 19.6 Å². The second-order valence-corrected chi connectivity index (χ2v) is 7.65. The zero-order valence-corrected chi connectivity index (χ0v) is 15.2. The number of hydrogen-bond donors (Lipinski definition) is 1. The summed E-state index contributed by atoms with van der Waals surface area (Å²) in [6, 6.07) is 9.65. The van der Waals surface area contributed by atoms with Crippen LogP contribution in [0.25, 0.3) is 11.0 Å². The summed E-state index contributed by atoms with van der Waals surface area (Å²) < 4.78 is 40.1. The monoisotopic (exact) mass is 389 g/mol. The van der Waals surface area contributed by atoms with Gasteiger partial charge in [-0.3, -0.25) is 4.79 Å². The van der Waals surface area contributed by atoms with Gasteiger partial charge in [0.05, 0.1) is 12.5 Å². The first-order chi connectivity index (χ1) is 12.7. The molecule has 0 bridgehead atoms. The predicted molar refractivity (Wildman–Crippen MR) is 97.9 cm³/mol. The van der Waals surface area contributed by atoms with Crippen LogP contribution in [0.2, 0.25) is 0 Å². The molecule has 2 aromatic carbocycles. The number of hydrogen-bond acceptors (Lipinski definition) is 8. The number of nitrogen functional groups attached to an aromatic ring is 1. The molecule has 0 amide bonds. The van der Waals surface area contributed by atoms with Gasteiger partial charge in [-0.1, -0.05) is 12.1 Å². The van der Waals surface area contributed by atoms with Crippen LogP contribution in [-0.2, 0) is 14.6 Å². The van der Waals surface area contributed by atoms with E-state index in [1.807, 2.05) is 0 Å². The Bertz CT molecular complexity index is 1210. The number of methoxy groups -OCH3 is 1. The summed E-state index contributed by atoms with van der Waals surface area (Å²) in [7, 11) is -2.54. The third-order valence-corrected chi connectivity index (χ3v) is 4.84. The second kappa shape index (κ2) is 6.76. The Morgan fingerprint density at radius 3 is 2.48 bits per heavy atom. The van der Waals surface area contributed by atoms with Gasteiger partial charge in [-0.05, 0) is 18.2 Å². The van der Waals surface area contributed by atoms with E-state index in [4.69, 9.17) is 19.6 Å². The molecule has 8 nitrogen and oxygen atoms in total. The lowest BCUT2D eigenvalue weighted by Gasteiger charge is -2.13. The lowest BCUT2D eigenvalue weighted by atomic mass is 10.2. The fourth-order valence-electron chi connectivity index (χ4n) is 2.50. The van der Waals surface area contributed by atoms with Crippen molar-refractivity contribution in [1.82, 2.24) is 0 Å². The quantitative estimate of drug-likeness (QED) is 0.674. The topological polar surface area (TPSA) is 126 Å². The largest absolute Gasteiger partial charge is 0.465 e. The lowest BCUT2D eigenvalue weighted by Crippen LogP contribution is -2.07. The standard InChI is InChI=1S/C18H15NO7S/c1-24-18(21)10-5-3-4-6-13(10)25-15-7-11-12(20)8-17(19)26-14(11)9-16(15)27(2,22)23/h3-9H,19H2,1-2H3. The number of carbonyl (C=O) groups is 1. The van der Waals surface area contributed by atoms with Crippen molar-refractivity contribution in [2.24, 2.45) is 0 Å². The van der Waals surface area contributed by atoms with E-state index >= 15 is 0 Å². The van der Waals surface area contributed by atoms with Gasteiger partial charge in [0.15, 0.2) is 21.2 Å². The van der Waals surface area contributed by atoms with Gasteiger partial charge in [-0.15, -0.1) is 0 Å². The second-order valence-electron chi connectivity index (χ2n) is 5.67. The Hall–Kier alpha value is -3.33. The van der Waals surface area contributed by atoms with Gasteiger partial charge >= 0.3 is 5.97 Å². The molecule has 0 fully saturated rings. The number of anilines is 1. The minimum atomic E-state index is -3.75. The zero-order valence-electron chi connectivity index (χ0n) is 14.4. The van der Waals surface area contributed by atoms with Crippen molar-refractivity contribution in [1.29, 1.82) is 0 Å². The normalized spacial score (nSPS) is 11.3. The average Bonchev–Trinajstić information content (AvgIpc) is 2.60. The van der Waals surface area contributed by atoms with Gasteiger partial charge in [-0.2, -0.15) is 0 Å². The molecule has 0 aliphatic rings. The molecule has 0 aliphatic heterocycles. The fraction of sp³-hybridized carbons (Fsp3) is 0.111. The van der Waals surface area contributed by atoms with Crippen LogP contribution in [0.3, 0.4) is 0 Å². The summed E-state index contributed by atoms with van der Waals surface area (Å²) in [5, 5.41) is 0.0853. The minimum Gasteiger partial charge on any atom is -0.465 e. The smallest absolute Gasteiger partial charge is 0.341 e. The highest BCUT2D eigenvalue weighted by molar-refractivity contribution is 7.90. The van der Waals surface area contributed by atoms with Gasteiger partial charge in [0, 0.05) is 18.4 Å². The molecule has 3 rings (SSSR count). The predicted octanol–water partition coefficient (Wildman–Crippen LogP) is 2.36. The molecule has 0 radical (unpaired) electrons. The summed E-state index contributed by atoms with van der Waals surface area (Å²) in [4.78, 5) is 23.9. The Labute approximate surface area is 154 Å². The molecule has 0 saturated heterocycles. The number of benzene rings is 2. The van der Waals surface area contributed by atoms with E-state index in [0.717, 1.165) is 12.3 Å². The highest BCUT2D eigenvalue weighted by Gasteiger charge is 2.21. The molecule has 0 aliphatic carbocycles. The van der Waals surface area contributed by atoms with Crippen molar-refractivity contribution in [2.45, 2.75) is 4.90 Å². The van der Waals surface area contributed by atoms with Crippen molar-refractivity contribution in [3.63, 3.8) is 0 Å². The molecule has 1 aromatic heterocycles. The molecule has 0 unspecified atom stereocenters. The van der Waals surface area contributed by atoms with Crippen molar-refractivity contribution in [2.75, 3.05) is 19.1 Å². The molecular weight excluding hydrogens is 374 g/mol. The van der Waals surface area contributed by atoms with Crippen molar-refractivity contribution < 1.29 is 27.1 Å². The van der Waals surface area contributed by atoms with E-state index in [0.29, 0.717) is 0 Å². The van der Waals surface area contributed by atoms with Crippen LogP contribution >= 0.6 is 0 Å². The van der Waals surface area contributed by atoms with Crippen LogP contribution in [0.15, 0.2) is 56.6 Å². The van der Waals surface area contributed by atoms with Crippen molar-refractivity contribution in [3.8, 4) is 11.5 Å². The van der Waals surface area contributed by atoms with E-state index in [2.05, 4.69) is 0 Å². The van der Waals surface area contributed by atoms with Crippen molar-refractivity contribution in [3.05, 3.63) is 58.3 Å². The molecule has 3 aromatic rings. The Kier molecular flexibility index (Phi) is 4.63. The Morgan fingerprint density at radius 1 is 1.11 bits per heavy atom. The third kappa shape index (κ3) is 3.63. The summed E-state index contributed by atoms with van der Waals surface area (Å²) in [6.45, 7) is 0. The SMILES string of the molecule is COC(=O)c1ccccc1Oc1cc2c(=O)cc(N)oc2cc1S(C)(=O)=O. The van der Waals surface area contributed by atoms with Crippen LogP contribution in [0.5, 0.6) is 11.5 Å². The number of rotatable bonds is 4. The number of esters is 1. The van der Waals surface area contributed by atoms with Crippen molar-refractivity contribution >= 4 is 32.7 Å². The van der Waals surface area contributed by atoms with Crippen LogP contribution < -0.4 is 15.9 Å². The number of nitrogens with two attached hydrogens (primary N) is 1. The molecular formula is C18H15NO7S. The van der Waals surface area contributed by atoms with Crippen LogP contribution in [-0.4, -0.2) is 27.8 Å². The van der Waals surface area contributed by atoms with E-state index in [9.17, 15) is 18.0 Å². The summed E-state index contributed by atoms with van der Waals surface area (Å²) in [5.41, 5.74) is 5.17. The van der Waals surface area contributed by atoms with Crippen LogP contribution in [0.4, 0.5) is 5.88 Å². The third-order valence-electron chi connectivity index (χ3n) is 3.72.